The van der Waals surface area contributed by atoms with Crippen LogP contribution in [0.5, 0.6) is 0 Å². The fraction of sp³-hybridized carbons (Fsp3) is 0.692. The average molecular weight is 322 g/mol. The van der Waals surface area contributed by atoms with Crippen LogP contribution in [0.1, 0.15) is 31.4 Å². The van der Waals surface area contributed by atoms with E-state index in [9.17, 15) is 22.8 Å². The van der Waals surface area contributed by atoms with E-state index in [0.717, 1.165) is 11.3 Å². The summed E-state index contributed by atoms with van der Waals surface area (Å²) >= 11 is 0.971. The molecular formula is C13H17F3N2O2S. The Morgan fingerprint density at radius 1 is 1.43 bits per heavy atom. The molecule has 1 heterocycles. The van der Waals surface area contributed by atoms with E-state index in [4.69, 9.17) is 0 Å². The van der Waals surface area contributed by atoms with E-state index in [2.05, 4.69) is 5.32 Å². The maximum Gasteiger partial charge on any atom is 0.393 e. The number of thiazole rings is 1. The molecule has 1 N–H and O–H groups in total. The summed E-state index contributed by atoms with van der Waals surface area (Å²) in [6, 6.07) is -0.888. The van der Waals surface area contributed by atoms with Crippen LogP contribution in [0.2, 0.25) is 0 Å². The van der Waals surface area contributed by atoms with Crippen molar-refractivity contribution in [1.82, 2.24) is 9.88 Å². The van der Waals surface area contributed by atoms with Crippen LogP contribution in [-0.2, 0) is 11.3 Å². The third kappa shape index (κ3) is 3.87. The van der Waals surface area contributed by atoms with Crippen LogP contribution in [0.3, 0.4) is 0 Å². The molecule has 8 heteroatoms. The predicted molar refractivity (Wildman–Crippen MR) is 73.3 cm³/mol. The number of hydrogen-bond donors (Lipinski definition) is 1. The Labute approximate surface area is 124 Å². The highest BCUT2D eigenvalue weighted by Gasteiger charge is 2.45. The molecule has 118 valence electrons. The second-order valence-corrected chi connectivity index (χ2v) is 6.16. The van der Waals surface area contributed by atoms with E-state index in [1.54, 1.807) is 12.3 Å². The van der Waals surface area contributed by atoms with Gasteiger partial charge in [0.15, 0.2) is 0 Å². The average Bonchev–Trinajstić information content (AvgIpc) is 2.70. The van der Waals surface area contributed by atoms with Gasteiger partial charge < -0.3 is 5.32 Å². The number of nitrogens with zero attached hydrogens (tertiary/aromatic N) is 1. The predicted octanol–water partition coefficient (Wildman–Crippen LogP) is 2.46. The molecule has 0 radical (unpaired) electrons. The summed E-state index contributed by atoms with van der Waals surface area (Å²) in [5, 5.41) is 4.07. The van der Waals surface area contributed by atoms with Gasteiger partial charge in [0, 0.05) is 17.1 Å². The summed E-state index contributed by atoms with van der Waals surface area (Å²) in [6.45, 7) is 1.46. The first kappa shape index (κ1) is 16.1. The van der Waals surface area contributed by atoms with E-state index in [1.165, 1.54) is 4.57 Å². The summed E-state index contributed by atoms with van der Waals surface area (Å²) < 4.78 is 40.1. The minimum Gasteiger partial charge on any atom is -0.351 e. The zero-order valence-electron chi connectivity index (χ0n) is 11.6. The minimum absolute atomic E-state index is 0.0475. The molecule has 0 bridgehead atoms. The molecule has 1 aromatic rings. The summed E-state index contributed by atoms with van der Waals surface area (Å²) in [5.41, 5.74) is 0.635. The van der Waals surface area contributed by atoms with Gasteiger partial charge in [-0.1, -0.05) is 24.2 Å². The van der Waals surface area contributed by atoms with E-state index < -0.39 is 24.0 Å². The molecule has 0 spiro atoms. The Kier molecular flexibility index (Phi) is 4.75. The summed E-state index contributed by atoms with van der Waals surface area (Å²) in [4.78, 5) is 23.2. The third-order valence-corrected chi connectivity index (χ3v) is 4.69. The normalized spacial score (nSPS) is 23.0. The van der Waals surface area contributed by atoms with Crippen molar-refractivity contribution in [3.05, 3.63) is 20.7 Å². The number of rotatable bonds is 3. The van der Waals surface area contributed by atoms with Crippen LogP contribution < -0.4 is 10.2 Å². The Balaban J connectivity index is 2.02. The Morgan fingerprint density at radius 2 is 2.10 bits per heavy atom. The first-order valence-corrected chi connectivity index (χ1v) is 7.68. The van der Waals surface area contributed by atoms with Gasteiger partial charge in [0.25, 0.3) is 0 Å². The monoisotopic (exact) mass is 322 g/mol. The molecule has 0 aliphatic heterocycles. The summed E-state index contributed by atoms with van der Waals surface area (Å²) in [6.07, 6.45) is -2.72. The van der Waals surface area contributed by atoms with Crippen molar-refractivity contribution in [1.29, 1.82) is 0 Å². The van der Waals surface area contributed by atoms with Crippen molar-refractivity contribution in [2.75, 3.05) is 0 Å². The lowest BCUT2D eigenvalue weighted by Crippen LogP contribution is -2.48. The fourth-order valence-electron chi connectivity index (χ4n) is 2.69. The second-order valence-electron chi connectivity index (χ2n) is 5.34. The lowest BCUT2D eigenvalue weighted by Gasteiger charge is -2.33. The Bertz CT molecular complexity index is 564. The quantitative estimate of drug-likeness (QED) is 0.929. The number of aryl methyl sites for hydroxylation is 1. The van der Waals surface area contributed by atoms with Gasteiger partial charge in [-0.2, -0.15) is 13.2 Å². The zero-order valence-corrected chi connectivity index (χ0v) is 12.4. The van der Waals surface area contributed by atoms with Crippen molar-refractivity contribution < 1.29 is 18.0 Å². The highest BCUT2D eigenvalue weighted by Crippen LogP contribution is 2.37. The highest BCUT2D eigenvalue weighted by atomic mass is 32.1. The van der Waals surface area contributed by atoms with Gasteiger partial charge in [-0.05, 0) is 19.8 Å². The van der Waals surface area contributed by atoms with Crippen molar-refractivity contribution in [3.8, 4) is 0 Å². The maximum absolute atomic E-state index is 12.9. The number of aromatic nitrogens is 1. The molecule has 1 aromatic heterocycles. The van der Waals surface area contributed by atoms with Crippen molar-refractivity contribution in [2.24, 2.45) is 5.92 Å². The largest absolute Gasteiger partial charge is 0.393 e. The molecule has 1 fully saturated rings. The van der Waals surface area contributed by atoms with Crippen LogP contribution in [0.4, 0.5) is 13.2 Å². The molecule has 21 heavy (non-hydrogen) atoms. The molecule has 1 aliphatic carbocycles. The van der Waals surface area contributed by atoms with Gasteiger partial charge in [0.1, 0.15) is 6.54 Å². The van der Waals surface area contributed by atoms with Crippen molar-refractivity contribution in [3.63, 3.8) is 0 Å². The van der Waals surface area contributed by atoms with Gasteiger partial charge >= 0.3 is 11.0 Å². The Morgan fingerprint density at radius 3 is 2.67 bits per heavy atom. The number of amides is 1. The molecule has 0 aromatic carbocycles. The first-order chi connectivity index (χ1) is 9.79. The van der Waals surface area contributed by atoms with Crippen LogP contribution in [0.25, 0.3) is 0 Å². The summed E-state index contributed by atoms with van der Waals surface area (Å²) in [7, 11) is 0. The fourth-order valence-corrected chi connectivity index (χ4v) is 3.42. The van der Waals surface area contributed by atoms with Crippen LogP contribution in [0, 0.1) is 12.8 Å². The number of alkyl halides is 3. The second kappa shape index (κ2) is 6.21. The third-order valence-electron chi connectivity index (χ3n) is 3.81. The lowest BCUT2D eigenvalue weighted by molar-refractivity contribution is -0.189. The van der Waals surface area contributed by atoms with Crippen molar-refractivity contribution in [2.45, 2.75) is 51.4 Å². The minimum atomic E-state index is -4.30. The molecule has 2 atom stereocenters. The zero-order chi connectivity index (χ0) is 15.6. The van der Waals surface area contributed by atoms with Crippen LogP contribution in [0.15, 0.2) is 10.2 Å². The topological polar surface area (TPSA) is 51.1 Å². The smallest absolute Gasteiger partial charge is 0.351 e. The molecule has 1 saturated carbocycles. The Hall–Kier alpha value is -1.31. The molecular weight excluding hydrogens is 305 g/mol. The maximum atomic E-state index is 12.9. The van der Waals surface area contributed by atoms with Gasteiger partial charge in [-0.3, -0.25) is 14.2 Å². The van der Waals surface area contributed by atoms with E-state index in [1.807, 2.05) is 0 Å². The summed E-state index contributed by atoms with van der Waals surface area (Å²) in [5.74, 6) is -2.03. The number of carbonyl (C=O) groups is 1. The van der Waals surface area contributed by atoms with Crippen LogP contribution >= 0.6 is 11.3 Å². The number of nitrogens with one attached hydrogen (secondary N) is 1. The lowest BCUT2D eigenvalue weighted by atomic mass is 9.84. The SMILES string of the molecule is Cc1csc(=O)n1CC(=O)N[C@@H]1CCCC[C@@H]1C(F)(F)F. The first-order valence-electron chi connectivity index (χ1n) is 6.80. The van der Waals surface area contributed by atoms with Gasteiger partial charge in [0.05, 0.1) is 5.92 Å². The van der Waals surface area contributed by atoms with Gasteiger partial charge in [0.2, 0.25) is 5.91 Å². The molecule has 1 aliphatic rings. The number of carbonyl (C=O) groups excluding carboxylic acids is 1. The number of hydrogen-bond acceptors (Lipinski definition) is 3. The van der Waals surface area contributed by atoms with Gasteiger partial charge in [-0.15, -0.1) is 0 Å². The highest BCUT2D eigenvalue weighted by molar-refractivity contribution is 7.07. The van der Waals surface area contributed by atoms with Crippen molar-refractivity contribution >= 4 is 17.2 Å². The van der Waals surface area contributed by atoms with E-state index in [-0.39, 0.29) is 17.8 Å². The van der Waals surface area contributed by atoms with Gasteiger partial charge in [-0.25, -0.2) is 0 Å². The van der Waals surface area contributed by atoms with Crippen LogP contribution in [-0.4, -0.2) is 22.7 Å². The molecule has 1 amide bonds. The molecule has 2 rings (SSSR count). The standard InChI is InChI=1S/C13H17F3N2O2S/c1-8-7-21-12(20)18(8)6-11(19)17-10-5-3-2-4-9(10)13(14,15)16/h7,9-10H,2-6H2,1H3,(H,17,19)/t9-,10+/m0/s1. The number of halogens is 3. The van der Waals surface area contributed by atoms with E-state index >= 15 is 0 Å². The molecule has 0 saturated heterocycles. The van der Waals surface area contributed by atoms with E-state index in [0.29, 0.717) is 25.0 Å². The molecule has 4 nitrogen and oxygen atoms in total. The molecule has 0 unspecified atom stereocenters.